The van der Waals surface area contributed by atoms with Gasteiger partial charge in [0.05, 0.1) is 0 Å². The second-order valence-corrected chi connectivity index (χ2v) is 7.03. The van der Waals surface area contributed by atoms with Crippen molar-refractivity contribution in [3.63, 3.8) is 0 Å². The average molecular weight is 318 g/mol. The molecule has 0 aliphatic heterocycles. The van der Waals surface area contributed by atoms with Gasteiger partial charge >= 0.3 is 5.97 Å². The Balaban J connectivity index is 1.88. The Labute approximate surface area is 120 Å². The number of carboxylic acids is 1. The van der Waals surface area contributed by atoms with Crippen molar-refractivity contribution in [3.8, 4) is 0 Å². The first-order valence-corrected chi connectivity index (χ1v) is 8.36. The molecule has 0 bridgehead atoms. The summed E-state index contributed by atoms with van der Waals surface area (Å²) in [6.45, 7) is 0.205. The van der Waals surface area contributed by atoms with Gasteiger partial charge in [-0.25, -0.2) is 17.9 Å². The van der Waals surface area contributed by atoms with E-state index < -0.39 is 16.0 Å². The Hall–Kier alpha value is -1.45. The second kappa shape index (κ2) is 5.90. The highest BCUT2D eigenvalue weighted by atomic mass is 32.2. The summed E-state index contributed by atoms with van der Waals surface area (Å²) in [6.07, 6.45) is 1.77. The first-order chi connectivity index (χ1) is 9.42. The lowest BCUT2D eigenvalue weighted by Gasteiger charge is -2.07. The summed E-state index contributed by atoms with van der Waals surface area (Å²) in [6, 6.07) is 1.25. The van der Waals surface area contributed by atoms with Crippen LogP contribution in [-0.4, -0.2) is 38.5 Å². The molecular weight excluding hydrogens is 304 g/mol. The number of nitrogens with one attached hydrogen (secondary N) is 2. The number of hydrogen-bond acceptors (Lipinski definition) is 5. The highest BCUT2D eigenvalue weighted by Crippen LogP contribution is 2.28. The zero-order valence-electron chi connectivity index (χ0n) is 10.5. The maximum Gasteiger partial charge on any atom is 0.347 e. The number of carboxylic acid groups (broad SMARTS) is 1. The van der Waals surface area contributed by atoms with E-state index in [2.05, 4.69) is 10.0 Å². The van der Waals surface area contributed by atoms with Gasteiger partial charge in [0, 0.05) is 19.0 Å². The number of rotatable bonds is 7. The van der Waals surface area contributed by atoms with Gasteiger partial charge in [-0.1, -0.05) is 0 Å². The van der Waals surface area contributed by atoms with Crippen molar-refractivity contribution >= 4 is 33.2 Å². The summed E-state index contributed by atoms with van der Waals surface area (Å²) in [5.74, 6) is -1.27. The number of amides is 1. The molecule has 0 unspecified atom stereocenters. The Morgan fingerprint density at radius 2 is 2.05 bits per heavy atom. The van der Waals surface area contributed by atoms with E-state index in [0.29, 0.717) is 0 Å². The minimum Gasteiger partial charge on any atom is -0.477 e. The quantitative estimate of drug-likeness (QED) is 0.624. The Bertz CT molecular complexity index is 619. The lowest BCUT2D eigenvalue weighted by Crippen LogP contribution is -2.35. The molecule has 1 saturated carbocycles. The highest BCUT2D eigenvalue weighted by Gasteiger charge is 2.29. The molecule has 2 rings (SSSR count). The van der Waals surface area contributed by atoms with Gasteiger partial charge in [0.15, 0.2) is 0 Å². The molecule has 0 aromatic carbocycles. The minimum absolute atomic E-state index is 0.0235. The number of aromatic carboxylic acids is 1. The van der Waals surface area contributed by atoms with Crippen molar-refractivity contribution in [2.45, 2.75) is 17.7 Å². The van der Waals surface area contributed by atoms with E-state index in [4.69, 9.17) is 5.11 Å². The molecule has 20 heavy (non-hydrogen) atoms. The molecule has 0 radical (unpaired) electrons. The van der Waals surface area contributed by atoms with E-state index in [1.54, 1.807) is 0 Å². The monoisotopic (exact) mass is 318 g/mol. The third kappa shape index (κ3) is 3.56. The first kappa shape index (κ1) is 14.9. The number of sulfonamides is 1. The predicted octanol–water partition coefficient (Wildman–Crippen LogP) is 0.251. The fourth-order valence-electron chi connectivity index (χ4n) is 1.60. The Kier molecular flexibility index (Phi) is 4.41. The molecule has 1 aliphatic rings. The van der Waals surface area contributed by atoms with Crippen molar-refractivity contribution in [3.05, 3.63) is 16.3 Å². The molecule has 3 N–H and O–H groups in total. The van der Waals surface area contributed by atoms with E-state index in [-0.39, 0.29) is 34.7 Å². The number of carbonyl (C=O) groups is 2. The first-order valence-electron chi connectivity index (χ1n) is 6.00. The normalized spacial score (nSPS) is 15.0. The molecule has 1 fully saturated rings. The van der Waals surface area contributed by atoms with Crippen LogP contribution in [0.5, 0.6) is 0 Å². The van der Waals surface area contributed by atoms with Gasteiger partial charge in [-0.2, -0.15) is 0 Å². The van der Waals surface area contributed by atoms with E-state index in [1.165, 1.54) is 11.4 Å². The molecule has 1 aliphatic carbocycles. The molecule has 0 saturated heterocycles. The summed E-state index contributed by atoms with van der Waals surface area (Å²) in [5, 5.41) is 12.9. The van der Waals surface area contributed by atoms with Crippen LogP contribution in [0.3, 0.4) is 0 Å². The van der Waals surface area contributed by atoms with Gasteiger partial charge in [-0.15, -0.1) is 11.3 Å². The van der Waals surface area contributed by atoms with Gasteiger partial charge in [0.1, 0.15) is 9.77 Å². The minimum atomic E-state index is -3.87. The van der Waals surface area contributed by atoms with Crippen LogP contribution in [0.15, 0.2) is 16.3 Å². The summed E-state index contributed by atoms with van der Waals surface area (Å²) >= 11 is 0.852. The molecule has 110 valence electrons. The molecule has 9 heteroatoms. The Morgan fingerprint density at radius 1 is 1.35 bits per heavy atom. The highest BCUT2D eigenvalue weighted by molar-refractivity contribution is 7.89. The lowest BCUT2D eigenvalue weighted by atomic mass is 10.4. The number of carbonyl (C=O) groups excluding carboxylic acids is 1. The SMILES string of the molecule is O=C(O)c1sccc1S(=O)(=O)NCCNC(=O)C1CC1. The summed E-state index contributed by atoms with van der Waals surface area (Å²) in [7, 11) is -3.87. The van der Waals surface area contributed by atoms with Crippen LogP contribution >= 0.6 is 11.3 Å². The standard InChI is InChI=1S/C11H14N2O5S2/c14-10(7-1-2-7)12-4-5-13-20(17,18)8-3-6-19-9(8)11(15)16/h3,6-7,13H,1-2,4-5H2,(H,12,14)(H,15,16). The van der Waals surface area contributed by atoms with Gasteiger partial charge < -0.3 is 10.4 Å². The van der Waals surface area contributed by atoms with Gasteiger partial charge in [-0.3, -0.25) is 4.79 Å². The summed E-state index contributed by atoms with van der Waals surface area (Å²) in [4.78, 5) is 21.8. The van der Waals surface area contributed by atoms with Crippen LogP contribution in [-0.2, 0) is 14.8 Å². The van der Waals surface area contributed by atoms with Crippen LogP contribution in [0.1, 0.15) is 22.5 Å². The second-order valence-electron chi connectivity index (χ2n) is 4.38. The molecule has 7 nitrogen and oxygen atoms in total. The van der Waals surface area contributed by atoms with E-state index >= 15 is 0 Å². The van der Waals surface area contributed by atoms with Crippen molar-refractivity contribution in [2.75, 3.05) is 13.1 Å². The van der Waals surface area contributed by atoms with E-state index in [0.717, 1.165) is 24.2 Å². The van der Waals surface area contributed by atoms with Crippen LogP contribution in [0, 0.1) is 5.92 Å². The predicted molar refractivity (Wildman–Crippen MR) is 72.2 cm³/mol. The fraction of sp³-hybridized carbons (Fsp3) is 0.455. The number of thiophene rings is 1. The molecule has 1 aromatic rings. The largest absolute Gasteiger partial charge is 0.477 e. The van der Waals surface area contributed by atoms with Gasteiger partial charge in [0.2, 0.25) is 15.9 Å². The number of hydrogen-bond donors (Lipinski definition) is 3. The molecule has 0 atom stereocenters. The van der Waals surface area contributed by atoms with Crippen molar-refractivity contribution in [2.24, 2.45) is 5.92 Å². The molecule has 0 spiro atoms. The van der Waals surface area contributed by atoms with Crippen molar-refractivity contribution < 1.29 is 23.1 Å². The van der Waals surface area contributed by atoms with E-state index in [1.807, 2.05) is 0 Å². The fourth-order valence-corrected chi connectivity index (χ4v) is 3.89. The maximum atomic E-state index is 11.9. The summed E-state index contributed by atoms with van der Waals surface area (Å²) < 4.78 is 26.1. The smallest absolute Gasteiger partial charge is 0.347 e. The summed E-state index contributed by atoms with van der Waals surface area (Å²) in [5.41, 5.74) is 0. The molecule has 1 heterocycles. The third-order valence-electron chi connectivity index (χ3n) is 2.78. The van der Waals surface area contributed by atoms with Gasteiger partial charge in [0.25, 0.3) is 0 Å². The van der Waals surface area contributed by atoms with Gasteiger partial charge in [-0.05, 0) is 24.3 Å². The van der Waals surface area contributed by atoms with E-state index in [9.17, 15) is 18.0 Å². The van der Waals surface area contributed by atoms with Crippen LogP contribution in [0.25, 0.3) is 0 Å². The maximum absolute atomic E-state index is 11.9. The van der Waals surface area contributed by atoms with Crippen molar-refractivity contribution in [1.82, 2.24) is 10.0 Å². The van der Waals surface area contributed by atoms with Crippen LogP contribution in [0.4, 0.5) is 0 Å². The van der Waals surface area contributed by atoms with Crippen molar-refractivity contribution in [1.29, 1.82) is 0 Å². The molecule has 1 amide bonds. The van der Waals surface area contributed by atoms with Crippen LogP contribution < -0.4 is 10.0 Å². The Morgan fingerprint density at radius 3 is 2.65 bits per heavy atom. The third-order valence-corrected chi connectivity index (χ3v) is 5.31. The topological polar surface area (TPSA) is 113 Å². The average Bonchev–Trinajstić information content (AvgIpc) is 3.10. The lowest BCUT2D eigenvalue weighted by molar-refractivity contribution is -0.122. The zero-order chi connectivity index (χ0) is 14.8. The molecular formula is C11H14N2O5S2. The zero-order valence-corrected chi connectivity index (χ0v) is 12.1. The molecule has 1 aromatic heterocycles. The van der Waals surface area contributed by atoms with Crippen LogP contribution in [0.2, 0.25) is 0 Å².